The second-order valence-corrected chi connectivity index (χ2v) is 10.1. The summed E-state index contributed by atoms with van der Waals surface area (Å²) >= 11 is 0. The Morgan fingerprint density at radius 1 is 0.487 bits per heavy atom. The van der Waals surface area contributed by atoms with Crippen LogP contribution in [0, 0.1) is 0 Å². The molecule has 0 amide bonds. The maximum absolute atomic E-state index is 6.76. The highest BCUT2D eigenvalue weighted by Gasteiger charge is 2.23. The van der Waals surface area contributed by atoms with E-state index in [2.05, 4.69) is 91.0 Å². The highest BCUT2D eigenvalue weighted by molar-refractivity contribution is 6.38. The Morgan fingerprint density at radius 2 is 1.18 bits per heavy atom. The van der Waals surface area contributed by atoms with E-state index in [1.807, 2.05) is 30.3 Å². The number of para-hydroxylation sites is 1. The Balaban J connectivity index is 1.45. The molecule has 7 aromatic carbocycles. The van der Waals surface area contributed by atoms with Gasteiger partial charge in [0.25, 0.3) is 0 Å². The van der Waals surface area contributed by atoms with E-state index in [1.54, 1.807) is 0 Å². The van der Waals surface area contributed by atoms with Crippen LogP contribution < -0.4 is 0 Å². The van der Waals surface area contributed by atoms with Gasteiger partial charge in [-0.25, -0.2) is 9.97 Å². The molecule has 2 aromatic heterocycles. The van der Waals surface area contributed by atoms with Crippen molar-refractivity contribution >= 4 is 65.2 Å². The maximum Gasteiger partial charge on any atom is 0.164 e. The van der Waals surface area contributed by atoms with Gasteiger partial charge < -0.3 is 4.42 Å². The van der Waals surface area contributed by atoms with Gasteiger partial charge in [0.05, 0.1) is 16.8 Å². The average Bonchev–Trinajstić information content (AvgIpc) is 3.39. The maximum atomic E-state index is 6.76. The fourth-order valence-electron chi connectivity index (χ4n) is 6.33. The molecule has 0 aliphatic carbocycles. The third kappa shape index (κ3) is 2.82. The lowest BCUT2D eigenvalue weighted by atomic mass is 9.90. The van der Waals surface area contributed by atoms with E-state index in [9.17, 15) is 0 Å². The minimum Gasteiger partial charge on any atom is -0.455 e. The number of fused-ring (bicyclic) bond motifs is 6. The highest BCUT2D eigenvalue weighted by Crippen LogP contribution is 2.47. The molecule has 0 aliphatic rings. The van der Waals surface area contributed by atoms with Gasteiger partial charge in [0.1, 0.15) is 11.2 Å². The molecule has 0 saturated heterocycles. The molecule has 0 spiro atoms. The molecule has 0 N–H and O–H groups in total. The number of rotatable bonds is 2. The average molecular weight is 497 g/mol. The van der Waals surface area contributed by atoms with E-state index in [1.165, 1.54) is 37.7 Å². The quantitative estimate of drug-likeness (QED) is 0.224. The predicted molar refractivity (Wildman–Crippen MR) is 161 cm³/mol. The lowest BCUT2D eigenvalue weighted by Gasteiger charge is -2.12. The van der Waals surface area contributed by atoms with Crippen molar-refractivity contribution in [2.45, 2.75) is 0 Å². The lowest BCUT2D eigenvalue weighted by molar-refractivity contribution is 0.670. The molecule has 0 aliphatic heterocycles. The molecule has 3 nitrogen and oxygen atoms in total. The molecule has 0 fully saturated rings. The SMILES string of the molecule is c1ccc(-c2nc(-c3ccc4c5ccccc5c5c6ccccc6cc6oc3c4c65)nc3ccccc23)cc1. The summed E-state index contributed by atoms with van der Waals surface area (Å²) in [4.78, 5) is 10.2. The van der Waals surface area contributed by atoms with Crippen LogP contribution >= 0.6 is 0 Å². The molecule has 0 radical (unpaired) electrons. The van der Waals surface area contributed by atoms with Gasteiger partial charge in [-0.2, -0.15) is 0 Å². The normalized spacial score (nSPS) is 12.1. The van der Waals surface area contributed by atoms with Gasteiger partial charge in [-0.15, -0.1) is 0 Å². The third-order valence-electron chi connectivity index (χ3n) is 8.01. The number of nitrogens with zero attached hydrogens (tertiary/aromatic N) is 2. The van der Waals surface area contributed by atoms with E-state index in [-0.39, 0.29) is 0 Å². The second-order valence-electron chi connectivity index (χ2n) is 10.1. The molecule has 39 heavy (non-hydrogen) atoms. The molecular formula is C36H20N2O. The van der Waals surface area contributed by atoms with Crippen molar-refractivity contribution in [2.24, 2.45) is 0 Å². The van der Waals surface area contributed by atoms with Crippen LogP contribution in [0.3, 0.4) is 0 Å². The van der Waals surface area contributed by atoms with E-state index in [4.69, 9.17) is 14.4 Å². The molecule has 9 rings (SSSR count). The fourth-order valence-corrected chi connectivity index (χ4v) is 6.33. The molecule has 2 heterocycles. The summed E-state index contributed by atoms with van der Waals surface area (Å²) in [6, 6.07) is 42.3. The number of aromatic nitrogens is 2. The first-order chi connectivity index (χ1) is 19.3. The van der Waals surface area contributed by atoms with Gasteiger partial charge in [0.2, 0.25) is 0 Å². The Labute approximate surface area is 223 Å². The van der Waals surface area contributed by atoms with Crippen molar-refractivity contribution in [1.82, 2.24) is 9.97 Å². The number of furan rings is 1. The van der Waals surface area contributed by atoms with Crippen LogP contribution in [0.25, 0.3) is 87.8 Å². The number of hydrogen-bond donors (Lipinski definition) is 0. The summed E-state index contributed by atoms with van der Waals surface area (Å²) in [5.41, 5.74) is 5.54. The summed E-state index contributed by atoms with van der Waals surface area (Å²) in [5.74, 6) is 0.670. The van der Waals surface area contributed by atoms with Crippen molar-refractivity contribution < 1.29 is 4.42 Å². The van der Waals surface area contributed by atoms with E-state index >= 15 is 0 Å². The van der Waals surface area contributed by atoms with Gasteiger partial charge in [-0.1, -0.05) is 103 Å². The van der Waals surface area contributed by atoms with Gasteiger partial charge in [0, 0.05) is 27.1 Å². The zero-order chi connectivity index (χ0) is 25.5. The first kappa shape index (κ1) is 20.7. The highest BCUT2D eigenvalue weighted by atomic mass is 16.3. The summed E-state index contributed by atoms with van der Waals surface area (Å²) < 4.78 is 6.76. The smallest absolute Gasteiger partial charge is 0.164 e. The van der Waals surface area contributed by atoms with Crippen molar-refractivity contribution in [3.63, 3.8) is 0 Å². The minimum absolute atomic E-state index is 0.670. The van der Waals surface area contributed by atoms with Gasteiger partial charge >= 0.3 is 0 Å². The summed E-state index contributed by atoms with van der Waals surface area (Å²) in [5, 5.41) is 10.7. The van der Waals surface area contributed by atoms with Gasteiger partial charge in [-0.3, -0.25) is 0 Å². The third-order valence-corrected chi connectivity index (χ3v) is 8.01. The van der Waals surface area contributed by atoms with Crippen molar-refractivity contribution in [3.05, 3.63) is 121 Å². The number of benzene rings is 7. The van der Waals surface area contributed by atoms with Crippen LogP contribution in [-0.2, 0) is 0 Å². The van der Waals surface area contributed by atoms with Crippen molar-refractivity contribution in [1.29, 1.82) is 0 Å². The number of hydrogen-bond acceptors (Lipinski definition) is 3. The summed E-state index contributed by atoms with van der Waals surface area (Å²) in [6.07, 6.45) is 0. The minimum atomic E-state index is 0.670. The standard InChI is InChI=1S/C36H20N2O/c1-2-10-21(11-3-1)34-27-16-8-9-17-29(27)37-36(38-34)28-19-18-26-24-14-6-7-15-25(24)31-23-13-5-4-12-22(23)20-30-33(31)32(26)35(28)39-30/h1-20H. The largest absolute Gasteiger partial charge is 0.455 e. The van der Waals surface area contributed by atoms with Crippen LogP contribution in [0.2, 0.25) is 0 Å². The lowest BCUT2D eigenvalue weighted by Crippen LogP contribution is -1.95. The molecule has 0 bridgehead atoms. The summed E-state index contributed by atoms with van der Waals surface area (Å²) in [6.45, 7) is 0. The monoisotopic (exact) mass is 496 g/mol. The van der Waals surface area contributed by atoms with E-state index in [0.717, 1.165) is 44.3 Å². The summed E-state index contributed by atoms with van der Waals surface area (Å²) in [7, 11) is 0. The molecule has 0 saturated carbocycles. The topological polar surface area (TPSA) is 38.9 Å². The van der Waals surface area contributed by atoms with Crippen LogP contribution in [0.5, 0.6) is 0 Å². The molecule has 0 atom stereocenters. The first-order valence-corrected chi connectivity index (χ1v) is 13.2. The zero-order valence-electron chi connectivity index (χ0n) is 20.8. The van der Waals surface area contributed by atoms with Crippen LogP contribution in [0.4, 0.5) is 0 Å². The van der Waals surface area contributed by atoms with Crippen molar-refractivity contribution in [3.8, 4) is 22.6 Å². The molecule has 3 heteroatoms. The van der Waals surface area contributed by atoms with Crippen LogP contribution in [0.15, 0.2) is 126 Å². The van der Waals surface area contributed by atoms with Crippen LogP contribution in [0.1, 0.15) is 0 Å². The molecular weight excluding hydrogens is 476 g/mol. The van der Waals surface area contributed by atoms with Gasteiger partial charge in [0.15, 0.2) is 5.82 Å². The van der Waals surface area contributed by atoms with Crippen molar-refractivity contribution in [2.75, 3.05) is 0 Å². The molecule has 0 unspecified atom stereocenters. The van der Waals surface area contributed by atoms with Gasteiger partial charge in [-0.05, 0) is 45.1 Å². The fraction of sp³-hybridized carbons (Fsp3) is 0. The Kier molecular flexibility index (Phi) is 4.05. The Morgan fingerprint density at radius 3 is 2.05 bits per heavy atom. The van der Waals surface area contributed by atoms with E-state index in [0.29, 0.717) is 5.82 Å². The first-order valence-electron chi connectivity index (χ1n) is 13.2. The second kappa shape index (κ2) is 7.62. The van der Waals surface area contributed by atoms with E-state index < -0.39 is 0 Å². The Bertz CT molecular complexity index is 2390. The Hall–Kier alpha value is -5.28. The zero-order valence-corrected chi connectivity index (χ0v) is 20.8. The van der Waals surface area contributed by atoms with Crippen LogP contribution in [-0.4, -0.2) is 9.97 Å². The molecule has 180 valence electrons. The molecule has 9 aromatic rings. The predicted octanol–water partition coefficient (Wildman–Crippen LogP) is 9.76.